The molecule has 0 fully saturated rings. The number of amides is 1. The van der Waals surface area contributed by atoms with Gasteiger partial charge in [-0.15, -0.1) is 0 Å². The number of benzene rings is 2. The standard InChI is InChI=1S/C15H14F2N2O2/c16-10-5-6-11(12(17)9-10)15(21)19(7-8-20)14-4-2-1-3-13(14)18/h1-6,9,20H,7-8,18H2. The lowest BCUT2D eigenvalue weighted by molar-refractivity contribution is 0.0977. The second-order valence-corrected chi connectivity index (χ2v) is 4.36. The average molecular weight is 292 g/mol. The van der Waals surface area contributed by atoms with Gasteiger partial charge in [0.1, 0.15) is 11.6 Å². The molecule has 0 bridgehead atoms. The molecule has 110 valence electrons. The summed E-state index contributed by atoms with van der Waals surface area (Å²) in [5.41, 5.74) is 6.20. The minimum absolute atomic E-state index is 0.0517. The smallest absolute Gasteiger partial charge is 0.261 e. The third-order valence-corrected chi connectivity index (χ3v) is 2.96. The summed E-state index contributed by atoms with van der Waals surface area (Å²) in [6.07, 6.45) is 0. The molecule has 0 radical (unpaired) electrons. The zero-order valence-corrected chi connectivity index (χ0v) is 11.1. The molecule has 0 aliphatic rings. The van der Waals surface area contributed by atoms with Gasteiger partial charge in [-0.3, -0.25) is 4.79 Å². The van der Waals surface area contributed by atoms with Crippen LogP contribution in [0.4, 0.5) is 20.2 Å². The van der Waals surface area contributed by atoms with E-state index in [2.05, 4.69) is 0 Å². The van der Waals surface area contributed by atoms with E-state index in [1.165, 1.54) is 0 Å². The van der Waals surface area contributed by atoms with Crippen LogP contribution in [-0.4, -0.2) is 24.2 Å². The van der Waals surface area contributed by atoms with E-state index in [1.54, 1.807) is 24.3 Å². The molecule has 0 spiro atoms. The first kappa shape index (κ1) is 14.9. The third kappa shape index (κ3) is 3.17. The number of nitrogens with two attached hydrogens (primary N) is 1. The molecule has 0 aliphatic heterocycles. The minimum Gasteiger partial charge on any atom is -0.397 e. The number of halogens is 2. The maximum absolute atomic E-state index is 13.7. The second-order valence-electron chi connectivity index (χ2n) is 4.36. The molecule has 4 nitrogen and oxygen atoms in total. The highest BCUT2D eigenvalue weighted by Gasteiger charge is 2.22. The fourth-order valence-corrected chi connectivity index (χ4v) is 1.97. The molecule has 0 saturated heterocycles. The van der Waals surface area contributed by atoms with Crippen molar-refractivity contribution in [2.45, 2.75) is 0 Å². The van der Waals surface area contributed by atoms with Crippen molar-refractivity contribution in [3.8, 4) is 0 Å². The van der Waals surface area contributed by atoms with Crippen molar-refractivity contribution < 1.29 is 18.7 Å². The van der Waals surface area contributed by atoms with Crippen LogP contribution < -0.4 is 10.6 Å². The highest BCUT2D eigenvalue weighted by molar-refractivity contribution is 6.07. The second kappa shape index (κ2) is 6.32. The van der Waals surface area contributed by atoms with Gasteiger partial charge in [0, 0.05) is 12.6 Å². The zero-order valence-electron chi connectivity index (χ0n) is 11.1. The van der Waals surface area contributed by atoms with Crippen molar-refractivity contribution in [3.63, 3.8) is 0 Å². The lowest BCUT2D eigenvalue weighted by atomic mass is 10.1. The molecular formula is C15H14F2N2O2. The predicted octanol–water partition coefficient (Wildman–Crippen LogP) is 2.19. The maximum atomic E-state index is 13.7. The number of hydrogen-bond donors (Lipinski definition) is 2. The Hall–Kier alpha value is -2.47. The van der Waals surface area contributed by atoms with Gasteiger partial charge in [0.05, 0.1) is 23.5 Å². The molecule has 0 unspecified atom stereocenters. The summed E-state index contributed by atoms with van der Waals surface area (Å²) in [5, 5.41) is 9.11. The van der Waals surface area contributed by atoms with Gasteiger partial charge in [-0.25, -0.2) is 8.78 Å². The fourth-order valence-electron chi connectivity index (χ4n) is 1.97. The number of aliphatic hydroxyl groups is 1. The number of carbonyl (C=O) groups excluding carboxylic acids is 1. The van der Waals surface area contributed by atoms with Crippen LogP contribution in [-0.2, 0) is 0 Å². The van der Waals surface area contributed by atoms with E-state index < -0.39 is 17.5 Å². The molecule has 0 heterocycles. The topological polar surface area (TPSA) is 66.6 Å². The van der Waals surface area contributed by atoms with E-state index in [0.29, 0.717) is 17.4 Å². The molecule has 1 amide bonds. The van der Waals surface area contributed by atoms with Gasteiger partial charge in [-0.2, -0.15) is 0 Å². The Morgan fingerprint density at radius 3 is 2.52 bits per heavy atom. The highest BCUT2D eigenvalue weighted by Crippen LogP contribution is 2.25. The van der Waals surface area contributed by atoms with Crippen molar-refractivity contribution in [2.24, 2.45) is 0 Å². The van der Waals surface area contributed by atoms with E-state index in [-0.39, 0.29) is 18.7 Å². The number of carbonyl (C=O) groups is 1. The Morgan fingerprint density at radius 1 is 1.19 bits per heavy atom. The summed E-state index contributed by atoms with van der Waals surface area (Å²) in [5.74, 6) is -2.42. The Balaban J connectivity index is 2.43. The molecule has 2 aromatic rings. The zero-order chi connectivity index (χ0) is 15.4. The first-order valence-corrected chi connectivity index (χ1v) is 6.27. The Bertz CT molecular complexity index is 662. The first-order chi connectivity index (χ1) is 10.0. The van der Waals surface area contributed by atoms with Crippen molar-refractivity contribution in [3.05, 3.63) is 59.7 Å². The monoisotopic (exact) mass is 292 g/mol. The van der Waals surface area contributed by atoms with Crippen LogP contribution in [0.3, 0.4) is 0 Å². The van der Waals surface area contributed by atoms with Crippen LogP contribution in [0, 0.1) is 11.6 Å². The fraction of sp³-hybridized carbons (Fsp3) is 0.133. The van der Waals surface area contributed by atoms with E-state index in [1.807, 2.05) is 0 Å². The number of hydrogen-bond acceptors (Lipinski definition) is 3. The minimum atomic E-state index is -0.961. The van der Waals surface area contributed by atoms with Crippen molar-refractivity contribution in [1.82, 2.24) is 0 Å². The van der Waals surface area contributed by atoms with E-state index in [0.717, 1.165) is 17.0 Å². The maximum Gasteiger partial charge on any atom is 0.261 e. The molecule has 0 aliphatic carbocycles. The average Bonchev–Trinajstić information content (AvgIpc) is 2.45. The highest BCUT2D eigenvalue weighted by atomic mass is 19.1. The molecule has 2 aromatic carbocycles. The molecule has 2 rings (SSSR count). The lowest BCUT2D eigenvalue weighted by Gasteiger charge is -2.23. The SMILES string of the molecule is Nc1ccccc1N(CCO)C(=O)c1ccc(F)cc1F. The van der Waals surface area contributed by atoms with Crippen molar-refractivity contribution in [2.75, 3.05) is 23.8 Å². The van der Waals surface area contributed by atoms with E-state index in [4.69, 9.17) is 10.8 Å². The normalized spacial score (nSPS) is 10.4. The summed E-state index contributed by atoms with van der Waals surface area (Å²) < 4.78 is 26.7. The predicted molar refractivity (Wildman–Crippen MR) is 76.0 cm³/mol. The van der Waals surface area contributed by atoms with Gasteiger partial charge in [0.25, 0.3) is 5.91 Å². The van der Waals surface area contributed by atoms with E-state index >= 15 is 0 Å². The molecular weight excluding hydrogens is 278 g/mol. The number of nitrogens with zero attached hydrogens (tertiary/aromatic N) is 1. The van der Waals surface area contributed by atoms with Crippen LogP contribution in [0.15, 0.2) is 42.5 Å². The van der Waals surface area contributed by atoms with Gasteiger partial charge in [0.15, 0.2) is 0 Å². The van der Waals surface area contributed by atoms with E-state index in [9.17, 15) is 13.6 Å². The number of aliphatic hydroxyl groups excluding tert-OH is 1. The van der Waals surface area contributed by atoms with Gasteiger partial charge >= 0.3 is 0 Å². The van der Waals surface area contributed by atoms with Crippen LogP contribution in [0.1, 0.15) is 10.4 Å². The summed E-state index contributed by atoms with van der Waals surface area (Å²) in [6, 6.07) is 9.25. The Labute approximate surface area is 120 Å². The summed E-state index contributed by atoms with van der Waals surface area (Å²) in [6.45, 7) is -0.368. The van der Waals surface area contributed by atoms with Gasteiger partial charge < -0.3 is 15.7 Å². The van der Waals surface area contributed by atoms with Crippen LogP contribution >= 0.6 is 0 Å². The third-order valence-electron chi connectivity index (χ3n) is 2.96. The van der Waals surface area contributed by atoms with Crippen LogP contribution in [0.2, 0.25) is 0 Å². The Morgan fingerprint density at radius 2 is 1.90 bits per heavy atom. The molecule has 0 saturated carbocycles. The number of anilines is 2. The molecule has 21 heavy (non-hydrogen) atoms. The summed E-state index contributed by atoms with van der Waals surface area (Å²) in [4.78, 5) is 13.6. The molecule has 0 aromatic heterocycles. The van der Waals surface area contributed by atoms with Gasteiger partial charge in [0.2, 0.25) is 0 Å². The summed E-state index contributed by atoms with van der Waals surface area (Å²) in [7, 11) is 0. The number of para-hydroxylation sites is 2. The number of rotatable bonds is 4. The number of nitrogen functional groups attached to an aromatic ring is 1. The quantitative estimate of drug-likeness (QED) is 0.849. The Kier molecular flexibility index (Phi) is 4.49. The van der Waals surface area contributed by atoms with Crippen LogP contribution in [0.5, 0.6) is 0 Å². The lowest BCUT2D eigenvalue weighted by Crippen LogP contribution is -2.34. The summed E-state index contributed by atoms with van der Waals surface area (Å²) >= 11 is 0. The molecule has 0 atom stereocenters. The van der Waals surface area contributed by atoms with Gasteiger partial charge in [-0.1, -0.05) is 12.1 Å². The first-order valence-electron chi connectivity index (χ1n) is 6.27. The van der Waals surface area contributed by atoms with Crippen molar-refractivity contribution >= 4 is 17.3 Å². The van der Waals surface area contributed by atoms with Crippen molar-refractivity contribution in [1.29, 1.82) is 0 Å². The molecule has 6 heteroatoms. The molecule has 3 N–H and O–H groups in total. The van der Waals surface area contributed by atoms with Crippen LogP contribution in [0.25, 0.3) is 0 Å². The largest absolute Gasteiger partial charge is 0.397 e. The van der Waals surface area contributed by atoms with Gasteiger partial charge in [-0.05, 0) is 24.3 Å².